The van der Waals surface area contributed by atoms with Crippen molar-refractivity contribution in [3.8, 4) is 11.1 Å². The van der Waals surface area contributed by atoms with Gasteiger partial charge in [0.1, 0.15) is 0 Å². The average molecular weight is 577 g/mol. The van der Waals surface area contributed by atoms with E-state index in [4.69, 9.17) is 4.74 Å². The highest BCUT2D eigenvalue weighted by Crippen LogP contribution is 2.48. The zero-order valence-electron chi connectivity index (χ0n) is 20.9. The predicted octanol–water partition coefficient (Wildman–Crippen LogP) is 8.94. The molecule has 180 valence electrons. The predicted molar refractivity (Wildman–Crippen MR) is 147 cm³/mol. The van der Waals surface area contributed by atoms with Crippen molar-refractivity contribution in [1.82, 2.24) is 4.90 Å². The van der Waals surface area contributed by atoms with Crippen molar-refractivity contribution in [3.63, 3.8) is 0 Å². The molecule has 0 bridgehead atoms. The molecule has 4 rings (SSSR count). The summed E-state index contributed by atoms with van der Waals surface area (Å²) in [6.07, 6.45) is 8.80. The second-order valence-electron chi connectivity index (χ2n) is 11.3. The van der Waals surface area contributed by atoms with E-state index < -0.39 is 0 Å². The van der Waals surface area contributed by atoms with Crippen LogP contribution in [0.4, 0.5) is 0 Å². The summed E-state index contributed by atoms with van der Waals surface area (Å²) in [4.78, 5) is 2.52. The third kappa shape index (κ3) is 5.60. The fraction of sp³-hybridized carbons (Fsp3) is 0.586. The van der Waals surface area contributed by atoms with Gasteiger partial charge in [-0.3, -0.25) is 4.90 Å². The molecule has 0 N–H and O–H groups in total. The lowest BCUT2D eigenvalue weighted by Gasteiger charge is -2.53. The second-order valence-corrected chi connectivity index (χ2v) is 13.1. The Balaban J connectivity index is 1.24. The summed E-state index contributed by atoms with van der Waals surface area (Å²) in [5.74, 6) is 0.505. The van der Waals surface area contributed by atoms with Gasteiger partial charge in [0.25, 0.3) is 0 Å². The summed E-state index contributed by atoms with van der Waals surface area (Å²) in [6.45, 7) is 10.3. The molecule has 1 aliphatic heterocycles. The number of hydrogen-bond donors (Lipinski definition) is 0. The molecule has 0 spiro atoms. The fourth-order valence-corrected chi connectivity index (χ4v) is 6.82. The number of piperidine rings is 1. The van der Waals surface area contributed by atoms with Crippen LogP contribution in [0.2, 0.25) is 0 Å². The minimum Gasteiger partial charge on any atom is -0.378 e. The number of benzene rings is 2. The molecule has 2 aromatic carbocycles. The van der Waals surface area contributed by atoms with Crippen LogP contribution in [-0.2, 0) is 4.74 Å². The average Bonchev–Trinajstić information content (AvgIpc) is 3.02. The van der Waals surface area contributed by atoms with E-state index in [0.29, 0.717) is 12.0 Å². The smallest absolute Gasteiger partial charge is 0.0610 e. The molecule has 1 heterocycles. The van der Waals surface area contributed by atoms with Crippen LogP contribution in [0.5, 0.6) is 0 Å². The number of rotatable bonds is 8. The Morgan fingerprint density at radius 2 is 1.33 bits per heavy atom. The molecule has 2 nitrogen and oxygen atoms in total. The maximum Gasteiger partial charge on any atom is 0.0610 e. The van der Waals surface area contributed by atoms with Gasteiger partial charge in [-0.15, -0.1) is 0 Å². The lowest BCUT2D eigenvalue weighted by Crippen LogP contribution is -2.60. The summed E-state index contributed by atoms with van der Waals surface area (Å²) in [7, 11) is 2.26. The molecule has 33 heavy (non-hydrogen) atoms. The molecule has 0 radical (unpaired) electrons. The fourth-order valence-electron chi connectivity index (χ4n) is 6.06. The molecule has 1 aliphatic carbocycles. The van der Waals surface area contributed by atoms with Gasteiger partial charge in [0.15, 0.2) is 0 Å². The Hall–Kier alpha value is -0.680. The molecule has 0 amide bonds. The third-order valence-electron chi connectivity index (χ3n) is 8.08. The van der Waals surface area contributed by atoms with E-state index in [1.165, 1.54) is 63.3 Å². The number of ether oxygens (including phenoxy) is 1. The summed E-state index contributed by atoms with van der Waals surface area (Å²) < 4.78 is 8.72. The third-order valence-corrected chi connectivity index (χ3v) is 9.07. The van der Waals surface area contributed by atoms with Crippen molar-refractivity contribution in [2.45, 2.75) is 95.7 Å². The molecule has 0 aromatic heterocycles. The van der Waals surface area contributed by atoms with E-state index in [1.807, 2.05) is 0 Å². The second kappa shape index (κ2) is 10.1. The van der Waals surface area contributed by atoms with Crippen LogP contribution < -0.4 is 0 Å². The zero-order chi connectivity index (χ0) is 23.8. The Kier molecular flexibility index (Phi) is 7.80. The number of fused-ring (bicyclic) bond motifs is 3. The molecule has 1 saturated heterocycles. The van der Waals surface area contributed by atoms with E-state index in [9.17, 15) is 0 Å². The number of nitrogens with zero attached hydrogens (tertiary/aromatic N) is 1. The van der Waals surface area contributed by atoms with Crippen LogP contribution in [0.15, 0.2) is 45.3 Å². The van der Waals surface area contributed by atoms with Gasteiger partial charge in [0.05, 0.1) is 6.10 Å². The lowest BCUT2D eigenvalue weighted by atomic mass is 9.79. The lowest BCUT2D eigenvalue weighted by molar-refractivity contribution is -0.0918. The van der Waals surface area contributed by atoms with E-state index >= 15 is 0 Å². The van der Waals surface area contributed by atoms with Gasteiger partial charge in [-0.1, -0.05) is 63.3 Å². The molecule has 4 heteroatoms. The van der Waals surface area contributed by atoms with Crippen molar-refractivity contribution in [2.24, 2.45) is 0 Å². The Labute approximate surface area is 217 Å². The van der Waals surface area contributed by atoms with E-state index in [-0.39, 0.29) is 11.1 Å². The van der Waals surface area contributed by atoms with Crippen LogP contribution in [0.3, 0.4) is 0 Å². The Bertz CT molecular complexity index is 914. The quantitative estimate of drug-likeness (QED) is 0.291. The summed E-state index contributed by atoms with van der Waals surface area (Å²) in [6, 6.07) is 13.5. The van der Waals surface area contributed by atoms with Gasteiger partial charge in [0.2, 0.25) is 0 Å². The molecule has 0 unspecified atom stereocenters. The SMILES string of the molecule is CN1C(C)(C)CC(OCCCCCCC2c3cc(Br)ccc3-c3ccc(Br)cc32)CC1(C)C. The van der Waals surface area contributed by atoms with E-state index in [0.717, 1.165) is 19.4 Å². The number of halogens is 2. The summed E-state index contributed by atoms with van der Waals surface area (Å²) >= 11 is 7.37. The normalized spacial score (nSPS) is 20.1. The van der Waals surface area contributed by atoms with Crippen LogP contribution in [0.1, 0.15) is 89.7 Å². The maximum atomic E-state index is 6.36. The first-order valence-electron chi connectivity index (χ1n) is 12.5. The first kappa shape index (κ1) is 25.4. The van der Waals surface area contributed by atoms with Crippen molar-refractivity contribution in [2.75, 3.05) is 13.7 Å². The zero-order valence-corrected chi connectivity index (χ0v) is 24.1. The van der Waals surface area contributed by atoms with Gasteiger partial charge in [0, 0.05) is 32.5 Å². The minimum atomic E-state index is 0.199. The van der Waals surface area contributed by atoms with Gasteiger partial charge >= 0.3 is 0 Å². The largest absolute Gasteiger partial charge is 0.378 e. The topological polar surface area (TPSA) is 12.5 Å². The number of likely N-dealkylation sites (tertiary alicyclic amines) is 1. The molecule has 0 atom stereocenters. The number of unbranched alkanes of at least 4 members (excludes halogenated alkanes) is 3. The maximum absolute atomic E-state index is 6.36. The number of hydrogen-bond acceptors (Lipinski definition) is 2. The summed E-state index contributed by atoms with van der Waals surface area (Å²) in [5, 5.41) is 0. The Morgan fingerprint density at radius 3 is 1.88 bits per heavy atom. The van der Waals surface area contributed by atoms with Crippen molar-refractivity contribution < 1.29 is 4.74 Å². The highest BCUT2D eigenvalue weighted by Gasteiger charge is 2.43. The van der Waals surface area contributed by atoms with Crippen molar-refractivity contribution in [1.29, 1.82) is 0 Å². The molecule has 1 fully saturated rings. The van der Waals surface area contributed by atoms with E-state index in [1.54, 1.807) is 0 Å². The molecule has 2 aliphatic rings. The van der Waals surface area contributed by atoms with Crippen molar-refractivity contribution >= 4 is 31.9 Å². The molecule has 2 aromatic rings. The monoisotopic (exact) mass is 575 g/mol. The van der Waals surface area contributed by atoms with Crippen LogP contribution in [-0.4, -0.2) is 35.7 Å². The van der Waals surface area contributed by atoms with E-state index in [2.05, 4.69) is 108 Å². The molecular formula is C29H39Br2NO. The van der Waals surface area contributed by atoms with Gasteiger partial charge in [-0.2, -0.15) is 0 Å². The van der Waals surface area contributed by atoms with Crippen LogP contribution in [0, 0.1) is 0 Å². The van der Waals surface area contributed by atoms with Crippen LogP contribution >= 0.6 is 31.9 Å². The minimum absolute atomic E-state index is 0.199. The molecule has 0 saturated carbocycles. The first-order chi connectivity index (χ1) is 15.6. The van der Waals surface area contributed by atoms with Gasteiger partial charge in [-0.05, 0) is 107 Å². The first-order valence-corrected chi connectivity index (χ1v) is 14.1. The Morgan fingerprint density at radius 1 is 0.818 bits per heavy atom. The highest BCUT2D eigenvalue weighted by molar-refractivity contribution is 9.10. The van der Waals surface area contributed by atoms with Crippen molar-refractivity contribution in [3.05, 3.63) is 56.5 Å². The standard InChI is InChI=1S/C29H39Br2NO/c1-28(2)18-22(19-29(3,4)32(28)5)33-15-9-7-6-8-10-23-26-16-20(30)11-13-24(26)25-14-12-21(31)17-27(23)25/h11-14,16-17,22-23H,6-10,15,18-19H2,1-5H3. The summed E-state index contributed by atoms with van der Waals surface area (Å²) in [5.41, 5.74) is 6.17. The van der Waals surface area contributed by atoms with Crippen LogP contribution in [0.25, 0.3) is 11.1 Å². The van der Waals surface area contributed by atoms with Gasteiger partial charge < -0.3 is 4.74 Å². The van der Waals surface area contributed by atoms with Gasteiger partial charge in [-0.25, -0.2) is 0 Å². The highest BCUT2D eigenvalue weighted by atomic mass is 79.9. The molecular weight excluding hydrogens is 538 g/mol.